The molecular formula is C10H16O2. The van der Waals surface area contributed by atoms with Gasteiger partial charge < -0.3 is 9.84 Å². The Bertz CT molecular complexity index is 202. The van der Waals surface area contributed by atoms with Crippen LogP contribution in [0.2, 0.25) is 0 Å². The van der Waals surface area contributed by atoms with Crippen LogP contribution >= 0.6 is 0 Å². The van der Waals surface area contributed by atoms with Crippen LogP contribution in [0, 0.1) is 0 Å². The highest BCUT2D eigenvalue weighted by molar-refractivity contribution is 5.20. The summed E-state index contributed by atoms with van der Waals surface area (Å²) in [5, 5.41) is 9.95. The van der Waals surface area contributed by atoms with Crippen LogP contribution in [0.15, 0.2) is 11.6 Å². The Kier molecular flexibility index (Phi) is 1.97. The molecule has 2 fully saturated rings. The molecule has 1 atom stereocenters. The first-order valence-electron chi connectivity index (χ1n) is 4.76. The first-order valence-corrected chi connectivity index (χ1v) is 4.76. The average molecular weight is 168 g/mol. The van der Waals surface area contributed by atoms with Gasteiger partial charge in [-0.3, -0.25) is 0 Å². The number of hydrogen-bond donors (Lipinski definition) is 1. The molecule has 2 rings (SSSR count). The number of hydrogen-bond acceptors (Lipinski definition) is 2. The molecule has 0 aromatic rings. The van der Waals surface area contributed by atoms with E-state index in [0.29, 0.717) is 6.61 Å². The van der Waals surface area contributed by atoms with Crippen molar-refractivity contribution in [2.45, 2.75) is 44.3 Å². The molecule has 12 heavy (non-hydrogen) atoms. The van der Waals surface area contributed by atoms with Crippen molar-refractivity contribution >= 4 is 0 Å². The van der Waals surface area contributed by atoms with Crippen molar-refractivity contribution in [1.29, 1.82) is 0 Å². The summed E-state index contributed by atoms with van der Waals surface area (Å²) in [6.07, 6.45) is 6.13. The van der Waals surface area contributed by atoms with Gasteiger partial charge >= 0.3 is 0 Å². The fourth-order valence-corrected chi connectivity index (χ4v) is 2.36. The largest absolute Gasteiger partial charge is 0.386 e. The fourth-order valence-electron chi connectivity index (χ4n) is 2.36. The SMILES string of the molecule is C/C=C1/COC2(CCCC2)[C@@H]1O. The quantitative estimate of drug-likeness (QED) is 0.557. The first kappa shape index (κ1) is 8.27. The third kappa shape index (κ3) is 1.02. The summed E-state index contributed by atoms with van der Waals surface area (Å²) in [6, 6.07) is 0. The maximum atomic E-state index is 9.95. The molecule has 1 heterocycles. The van der Waals surface area contributed by atoms with E-state index in [9.17, 15) is 5.11 Å². The van der Waals surface area contributed by atoms with Gasteiger partial charge in [-0.1, -0.05) is 18.9 Å². The van der Waals surface area contributed by atoms with Gasteiger partial charge in [-0.05, 0) is 25.3 Å². The molecule has 0 aromatic heterocycles. The predicted octanol–water partition coefficient (Wildman–Crippen LogP) is 1.64. The molecule has 0 unspecified atom stereocenters. The summed E-state index contributed by atoms with van der Waals surface area (Å²) >= 11 is 0. The summed E-state index contributed by atoms with van der Waals surface area (Å²) < 4.78 is 5.70. The van der Waals surface area contributed by atoms with Gasteiger partial charge in [-0.25, -0.2) is 0 Å². The Morgan fingerprint density at radius 2 is 2.17 bits per heavy atom. The molecule has 0 aromatic carbocycles. The lowest BCUT2D eigenvalue weighted by Crippen LogP contribution is -2.36. The first-order chi connectivity index (χ1) is 5.78. The number of allylic oxidation sites excluding steroid dienone is 1. The minimum atomic E-state index is -0.329. The smallest absolute Gasteiger partial charge is 0.106 e. The Labute approximate surface area is 73.2 Å². The second-order valence-electron chi connectivity index (χ2n) is 3.83. The van der Waals surface area contributed by atoms with Crippen molar-refractivity contribution in [2.75, 3.05) is 6.61 Å². The molecule has 2 heteroatoms. The molecule has 68 valence electrons. The Balaban J connectivity index is 2.19. The van der Waals surface area contributed by atoms with Gasteiger partial charge in [0.25, 0.3) is 0 Å². The number of aliphatic hydroxyl groups excluding tert-OH is 1. The lowest BCUT2D eigenvalue weighted by atomic mass is 9.92. The van der Waals surface area contributed by atoms with Gasteiger partial charge in [-0.15, -0.1) is 0 Å². The zero-order valence-electron chi connectivity index (χ0n) is 7.55. The minimum absolute atomic E-state index is 0.193. The van der Waals surface area contributed by atoms with Crippen LogP contribution in [0.25, 0.3) is 0 Å². The van der Waals surface area contributed by atoms with E-state index in [0.717, 1.165) is 18.4 Å². The van der Waals surface area contributed by atoms with Crippen molar-refractivity contribution in [3.8, 4) is 0 Å². The van der Waals surface area contributed by atoms with Gasteiger partial charge in [0.2, 0.25) is 0 Å². The molecule has 1 saturated carbocycles. The van der Waals surface area contributed by atoms with E-state index in [1.54, 1.807) is 0 Å². The Morgan fingerprint density at radius 1 is 1.50 bits per heavy atom. The van der Waals surface area contributed by atoms with Gasteiger partial charge in [0.15, 0.2) is 0 Å². The highest BCUT2D eigenvalue weighted by Gasteiger charge is 2.47. The van der Waals surface area contributed by atoms with E-state index in [1.165, 1.54) is 12.8 Å². The lowest BCUT2D eigenvalue weighted by molar-refractivity contribution is -0.0505. The van der Waals surface area contributed by atoms with E-state index < -0.39 is 0 Å². The summed E-state index contributed by atoms with van der Waals surface area (Å²) in [5.74, 6) is 0. The van der Waals surface area contributed by atoms with Crippen molar-refractivity contribution in [2.24, 2.45) is 0 Å². The molecule has 2 nitrogen and oxygen atoms in total. The van der Waals surface area contributed by atoms with Gasteiger partial charge in [-0.2, -0.15) is 0 Å². The molecule has 1 spiro atoms. The van der Waals surface area contributed by atoms with E-state index in [4.69, 9.17) is 4.74 Å². The second-order valence-corrected chi connectivity index (χ2v) is 3.83. The molecule has 0 radical (unpaired) electrons. The van der Waals surface area contributed by atoms with E-state index in [2.05, 4.69) is 0 Å². The van der Waals surface area contributed by atoms with Crippen LogP contribution in [0.3, 0.4) is 0 Å². The van der Waals surface area contributed by atoms with E-state index in [-0.39, 0.29) is 11.7 Å². The summed E-state index contributed by atoms with van der Waals surface area (Å²) in [6.45, 7) is 2.60. The van der Waals surface area contributed by atoms with Crippen molar-refractivity contribution in [1.82, 2.24) is 0 Å². The van der Waals surface area contributed by atoms with Crippen molar-refractivity contribution in [3.63, 3.8) is 0 Å². The Hall–Kier alpha value is -0.340. The van der Waals surface area contributed by atoms with Crippen LogP contribution in [-0.4, -0.2) is 23.4 Å². The van der Waals surface area contributed by atoms with Gasteiger partial charge in [0.1, 0.15) is 6.10 Å². The van der Waals surface area contributed by atoms with Crippen LogP contribution < -0.4 is 0 Å². The zero-order chi connectivity index (χ0) is 8.60. The highest BCUT2D eigenvalue weighted by Crippen LogP contribution is 2.42. The van der Waals surface area contributed by atoms with Crippen molar-refractivity contribution in [3.05, 3.63) is 11.6 Å². The highest BCUT2D eigenvalue weighted by atomic mass is 16.5. The summed E-state index contributed by atoms with van der Waals surface area (Å²) in [5.41, 5.74) is 0.874. The van der Waals surface area contributed by atoms with Crippen LogP contribution in [0.5, 0.6) is 0 Å². The van der Waals surface area contributed by atoms with Crippen LogP contribution in [0.1, 0.15) is 32.6 Å². The molecule has 2 aliphatic rings. The third-order valence-electron chi connectivity index (χ3n) is 3.20. The lowest BCUT2D eigenvalue weighted by Gasteiger charge is -2.25. The molecule has 1 N–H and O–H groups in total. The number of rotatable bonds is 0. The van der Waals surface area contributed by atoms with Crippen molar-refractivity contribution < 1.29 is 9.84 Å². The average Bonchev–Trinajstić information content (AvgIpc) is 2.65. The minimum Gasteiger partial charge on any atom is -0.386 e. The van der Waals surface area contributed by atoms with Crippen LogP contribution in [-0.2, 0) is 4.74 Å². The monoisotopic (exact) mass is 168 g/mol. The number of aliphatic hydroxyl groups is 1. The van der Waals surface area contributed by atoms with Gasteiger partial charge in [0, 0.05) is 0 Å². The molecule has 0 amide bonds. The van der Waals surface area contributed by atoms with E-state index >= 15 is 0 Å². The molecule has 0 bridgehead atoms. The van der Waals surface area contributed by atoms with E-state index in [1.807, 2.05) is 13.0 Å². The summed E-state index contributed by atoms with van der Waals surface area (Å²) in [4.78, 5) is 0. The topological polar surface area (TPSA) is 29.5 Å². The Morgan fingerprint density at radius 3 is 2.67 bits per heavy atom. The normalized spacial score (nSPS) is 36.8. The third-order valence-corrected chi connectivity index (χ3v) is 3.20. The molecule has 1 aliphatic carbocycles. The van der Waals surface area contributed by atoms with Crippen LogP contribution in [0.4, 0.5) is 0 Å². The second kappa shape index (κ2) is 2.86. The predicted molar refractivity (Wildman–Crippen MR) is 46.9 cm³/mol. The standard InChI is InChI=1S/C10H16O2/c1-2-8-7-12-10(9(8)11)5-3-4-6-10/h2,9,11H,3-7H2,1H3/b8-2-/t9-/m1/s1. The maximum Gasteiger partial charge on any atom is 0.106 e. The number of ether oxygens (including phenoxy) is 1. The maximum absolute atomic E-state index is 9.95. The zero-order valence-corrected chi connectivity index (χ0v) is 7.55. The molecule has 1 aliphatic heterocycles. The fraction of sp³-hybridized carbons (Fsp3) is 0.800. The molecular weight excluding hydrogens is 152 g/mol. The summed E-state index contributed by atoms with van der Waals surface area (Å²) in [7, 11) is 0. The van der Waals surface area contributed by atoms with Gasteiger partial charge in [0.05, 0.1) is 12.2 Å². The molecule has 1 saturated heterocycles.